The summed E-state index contributed by atoms with van der Waals surface area (Å²) < 4.78 is 26.2. The molecule has 1 saturated heterocycles. The lowest BCUT2D eigenvalue weighted by Crippen LogP contribution is -2.44. The molecular formula is C11H14Cl2N2O3S. The van der Waals surface area contributed by atoms with E-state index in [0.717, 1.165) is 4.31 Å². The van der Waals surface area contributed by atoms with Crippen molar-refractivity contribution in [1.82, 2.24) is 9.62 Å². The average Bonchev–Trinajstić information content (AvgIpc) is 2.73. The largest absolute Gasteiger partial charge is 0.390 e. The molecule has 1 aromatic carbocycles. The Labute approximate surface area is 122 Å². The van der Waals surface area contributed by atoms with Gasteiger partial charge >= 0.3 is 0 Å². The Morgan fingerprint density at radius 3 is 2.37 bits per heavy atom. The third-order valence-electron chi connectivity index (χ3n) is 3.17. The van der Waals surface area contributed by atoms with Crippen LogP contribution in [-0.2, 0) is 10.0 Å². The van der Waals surface area contributed by atoms with Gasteiger partial charge in [0.25, 0.3) is 0 Å². The zero-order chi connectivity index (χ0) is 14.2. The Hall–Kier alpha value is -0.370. The minimum atomic E-state index is -3.85. The highest BCUT2D eigenvalue weighted by molar-refractivity contribution is 7.89. The van der Waals surface area contributed by atoms with E-state index in [1.807, 2.05) is 0 Å². The quantitative estimate of drug-likeness (QED) is 0.868. The van der Waals surface area contributed by atoms with Gasteiger partial charge in [0.1, 0.15) is 4.90 Å². The van der Waals surface area contributed by atoms with E-state index in [4.69, 9.17) is 23.2 Å². The van der Waals surface area contributed by atoms with Crippen LogP contribution < -0.4 is 5.32 Å². The lowest BCUT2D eigenvalue weighted by molar-refractivity contribution is 0.136. The van der Waals surface area contributed by atoms with Gasteiger partial charge in [-0.3, -0.25) is 0 Å². The fourth-order valence-corrected chi connectivity index (χ4v) is 4.54. The number of rotatable bonds is 3. The van der Waals surface area contributed by atoms with Crippen molar-refractivity contribution >= 4 is 33.2 Å². The van der Waals surface area contributed by atoms with Crippen LogP contribution in [0.25, 0.3) is 0 Å². The minimum absolute atomic E-state index is 0.0693. The molecule has 1 aliphatic heterocycles. The van der Waals surface area contributed by atoms with E-state index >= 15 is 0 Å². The van der Waals surface area contributed by atoms with Gasteiger partial charge < -0.3 is 10.4 Å². The minimum Gasteiger partial charge on any atom is -0.390 e. The summed E-state index contributed by atoms with van der Waals surface area (Å²) in [5, 5.41) is 12.8. The zero-order valence-electron chi connectivity index (χ0n) is 10.2. The van der Waals surface area contributed by atoms with E-state index in [0.29, 0.717) is 13.1 Å². The highest BCUT2D eigenvalue weighted by atomic mass is 35.5. The first-order valence-corrected chi connectivity index (χ1v) is 7.86. The first-order valence-electron chi connectivity index (χ1n) is 5.66. The van der Waals surface area contributed by atoms with Crippen molar-refractivity contribution in [3.63, 3.8) is 0 Å². The first kappa shape index (κ1) is 15.0. The Kier molecular flexibility index (Phi) is 4.39. The highest BCUT2D eigenvalue weighted by Crippen LogP contribution is 2.32. The normalized spacial score (nSPS) is 24.1. The zero-order valence-corrected chi connectivity index (χ0v) is 12.5. The second kappa shape index (κ2) is 5.55. The topological polar surface area (TPSA) is 69.6 Å². The van der Waals surface area contributed by atoms with Gasteiger partial charge in [0.15, 0.2) is 0 Å². The summed E-state index contributed by atoms with van der Waals surface area (Å²) in [6, 6.07) is 3.99. The van der Waals surface area contributed by atoms with Gasteiger partial charge in [-0.1, -0.05) is 29.3 Å². The molecule has 2 N–H and O–H groups in total. The molecule has 2 rings (SSSR count). The van der Waals surface area contributed by atoms with Crippen LogP contribution in [0.1, 0.15) is 0 Å². The molecule has 0 spiro atoms. The second-order valence-corrected chi connectivity index (χ2v) is 7.11. The van der Waals surface area contributed by atoms with Crippen molar-refractivity contribution in [3.8, 4) is 0 Å². The van der Waals surface area contributed by atoms with Gasteiger partial charge in [0.2, 0.25) is 10.0 Å². The summed E-state index contributed by atoms with van der Waals surface area (Å²) in [6.45, 7) is 0.750. The van der Waals surface area contributed by atoms with Crippen molar-refractivity contribution in [3.05, 3.63) is 28.2 Å². The van der Waals surface area contributed by atoms with Crippen molar-refractivity contribution in [1.29, 1.82) is 0 Å². The van der Waals surface area contributed by atoms with Crippen molar-refractivity contribution < 1.29 is 13.5 Å². The number of hydrogen-bond acceptors (Lipinski definition) is 4. The number of nitrogens with zero attached hydrogens (tertiary/aromatic N) is 1. The van der Waals surface area contributed by atoms with Crippen LogP contribution in [0, 0.1) is 0 Å². The van der Waals surface area contributed by atoms with Gasteiger partial charge in [-0.15, -0.1) is 0 Å². The number of halogens is 2. The van der Waals surface area contributed by atoms with Crippen LogP contribution in [0.15, 0.2) is 23.1 Å². The molecule has 19 heavy (non-hydrogen) atoms. The molecule has 8 heteroatoms. The number of benzene rings is 1. The van der Waals surface area contributed by atoms with Crippen LogP contribution in [-0.4, -0.2) is 50.1 Å². The van der Waals surface area contributed by atoms with Crippen LogP contribution in [0.5, 0.6) is 0 Å². The second-order valence-electron chi connectivity index (χ2n) is 4.36. The molecule has 2 atom stereocenters. The number of aliphatic hydroxyl groups is 1. The predicted octanol–water partition coefficient (Wildman–Crippen LogP) is 0.947. The molecule has 1 aromatic rings. The van der Waals surface area contributed by atoms with Gasteiger partial charge in [0.05, 0.1) is 22.2 Å². The number of hydrogen-bond donors (Lipinski definition) is 2. The molecule has 5 nitrogen and oxygen atoms in total. The fraction of sp³-hybridized carbons (Fsp3) is 0.455. The molecule has 1 aliphatic rings. The van der Waals surface area contributed by atoms with E-state index in [1.165, 1.54) is 19.2 Å². The van der Waals surface area contributed by atoms with Gasteiger partial charge in [-0.25, -0.2) is 8.42 Å². The SMILES string of the molecule is CN([C@@H]1CNC[C@H]1O)S(=O)(=O)c1c(Cl)cccc1Cl. The summed E-state index contributed by atoms with van der Waals surface area (Å²) in [6.07, 6.45) is -0.749. The van der Waals surface area contributed by atoms with E-state index < -0.39 is 22.2 Å². The standard InChI is InChI=1S/C11H14Cl2N2O3S/c1-15(9-5-14-6-10(9)16)19(17,18)11-7(12)3-2-4-8(11)13/h2-4,9-10,14,16H,5-6H2,1H3/t9-,10-/m1/s1. The van der Waals surface area contributed by atoms with E-state index in [9.17, 15) is 13.5 Å². The molecule has 0 amide bonds. The fourth-order valence-electron chi connectivity index (χ4n) is 2.07. The molecule has 0 unspecified atom stereocenters. The lowest BCUT2D eigenvalue weighted by Gasteiger charge is -2.26. The number of aliphatic hydroxyl groups excluding tert-OH is 1. The Balaban J connectivity index is 2.42. The monoisotopic (exact) mass is 324 g/mol. The van der Waals surface area contributed by atoms with Crippen LogP contribution in [0.3, 0.4) is 0 Å². The molecule has 0 aromatic heterocycles. The molecule has 0 saturated carbocycles. The van der Waals surface area contributed by atoms with Gasteiger partial charge in [0, 0.05) is 20.1 Å². The Bertz CT molecular complexity index is 559. The maximum atomic E-state index is 12.5. The number of β-amino-alcohol motifs (C(OH)–C–C–N with tert-alkyl or cyclic N) is 1. The molecule has 1 fully saturated rings. The predicted molar refractivity (Wildman–Crippen MR) is 74.1 cm³/mol. The third kappa shape index (κ3) is 2.74. The Morgan fingerprint density at radius 2 is 1.89 bits per heavy atom. The molecular weight excluding hydrogens is 311 g/mol. The highest BCUT2D eigenvalue weighted by Gasteiger charge is 2.37. The molecule has 106 valence electrons. The molecule has 0 radical (unpaired) electrons. The smallest absolute Gasteiger partial charge is 0.246 e. The Morgan fingerprint density at radius 1 is 1.32 bits per heavy atom. The first-order chi connectivity index (χ1) is 8.85. The summed E-state index contributed by atoms with van der Waals surface area (Å²) in [5.41, 5.74) is 0. The van der Waals surface area contributed by atoms with Gasteiger partial charge in [-0.05, 0) is 12.1 Å². The van der Waals surface area contributed by atoms with Crippen LogP contribution in [0.4, 0.5) is 0 Å². The summed E-state index contributed by atoms with van der Waals surface area (Å²) in [5.74, 6) is 0. The number of sulfonamides is 1. The summed E-state index contributed by atoms with van der Waals surface area (Å²) >= 11 is 11.9. The number of likely N-dealkylation sites (N-methyl/N-ethyl adjacent to an activating group) is 1. The van der Waals surface area contributed by atoms with E-state index in [2.05, 4.69) is 5.32 Å². The van der Waals surface area contributed by atoms with E-state index in [-0.39, 0.29) is 14.9 Å². The van der Waals surface area contributed by atoms with E-state index in [1.54, 1.807) is 6.07 Å². The average molecular weight is 325 g/mol. The maximum absolute atomic E-state index is 12.5. The van der Waals surface area contributed by atoms with Crippen molar-refractivity contribution in [2.24, 2.45) is 0 Å². The summed E-state index contributed by atoms with van der Waals surface area (Å²) in [7, 11) is -2.43. The number of nitrogens with one attached hydrogen (secondary N) is 1. The molecule has 0 aliphatic carbocycles. The van der Waals surface area contributed by atoms with Crippen molar-refractivity contribution in [2.45, 2.75) is 17.0 Å². The van der Waals surface area contributed by atoms with Crippen molar-refractivity contribution in [2.75, 3.05) is 20.1 Å². The molecule has 0 bridgehead atoms. The van der Waals surface area contributed by atoms with Crippen LogP contribution >= 0.6 is 23.2 Å². The third-order valence-corrected chi connectivity index (χ3v) is 6.01. The summed E-state index contributed by atoms with van der Waals surface area (Å²) in [4.78, 5) is -0.125. The maximum Gasteiger partial charge on any atom is 0.246 e. The van der Waals surface area contributed by atoms with Gasteiger partial charge in [-0.2, -0.15) is 4.31 Å². The van der Waals surface area contributed by atoms with Crippen LogP contribution in [0.2, 0.25) is 10.0 Å². The lowest BCUT2D eigenvalue weighted by atomic mass is 10.2. The molecule has 1 heterocycles.